The monoisotopic (exact) mass is 249 g/mol. The lowest BCUT2D eigenvalue weighted by atomic mass is 9.57. The number of nitrogens with one attached hydrogen (secondary N) is 1. The maximum Gasteiger partial charge on any atom is 0.0685 e. The molecule has 0 aromatic carbocycles. The van der Waals surface area contributed by atoms with E-state index in [2.05, 4.69) is 31.2 Å². The van der Waals surface area contributed by atoms with Crippen molar-refractivity contribution in [2.45, 2.75) is 45.9 Å². The van der Waals surface area contributed by atoms with Gasteiger partial charge in [-0.2, -0.15) is 5.10 Å². The molecule has 1 aliphatic heterocycles. The number of fused-ring (bicyclic) bond motifs is 1. The minimum Gasteiger partial charge on any atom is -0.377 e. The summed E-state index contributed by atoms with van der Waals surface area (Å²) in [5.41, 5.74) is 2.81. The number of nitrogens with zero attached hydrogens (tertiary/aromatic N) is 2. The van der Waals surface area contributed by atoms with Crippen molar-refractivity contribution in [3.63, 3.8) is 0 Å². The van der Waals surface area contributed by atoms with Crippen molar-refractivity contribution in [2.24, 2.45) is 18.4 Å². The molecule has 0 bridgehead atoms. The van der Waals surface area contributed by atoms with E-state index in [0.717, 1.165) is 13.2 Å². The fourth-order valence-corrected chi connectivity index (χ4v) is 3.68. The second-order valence-corrected chi connectivity index (χ2v) is 6.30. The maximum absolute atomic E-state index is 5.82. The molecule has 3 atom stereocenters. The van der Waals surface area contributed by atoms with E-state index in [1.165, 1.54) is 17.7 Å². The molecule has 0 spiro atoms. The number of aromatic nitrogens is 2. The van der Waals surface area contributed by atoms with Crippen LogP contribution in [0.3, 0.4) is 0 Å². The molecule has 18 heavy (non-hydrogen) atoms. The van der Waals surface area contributed by atoms with Gasteiger partial charge in [-0.15, -0.1) is 0 Å². The molecule has 2 aliphatic rings. The van der Waals surface area contributed by atoms with E-state index in [9.17, 15) is 0 Å². The van der Waals surface area contributed by atoms with Gasteiger partial charge in [-0.05, 0) is 13.3 Å². The highest BCUT2D eigenvalue weighted by Crippen LogP contribution is 2.52. The van der Waals surface area contributed by atoms with Gasteiger partial charge in [-0.1, -0.05) is 13.8 Å². The van der Waals surface area contributed by atoms with Crippen LogP contribution in [0, 0.1) is 18.3 Å². The van der Waals surface area contributed by atoms with Crippen molar-refractivity contribution in [1.29, 1.82) is 0 Å². The van der Waals surface area contributed by atoms with Gasteiger partial charge >= 0.3 is 0 Å². The highest BCUT2D eigenvalue weighted by atomic mass is 16.5. The van der Waals surface area contributed by atoms with Gasteiger partial charge in [0.15, 0.2) is 0 Å². The number of ether oxygens (including phenoxy) is 1. The highest BCUT2D eigenvalue weighted by molar-refractivity contribution is 5.17. The second kappa shape index (κ2) is 4.07. The van der Waals surface area contributed by atoms with Crippen LogP contribution in [0.5, 0.6) is 0 Å². The normalized spacial score (nSPS) is 33.2. The van der Waals surface area contributed by atoms with E-state index >= 15 is 0 Å². The lowest BCUT2D eigenvalue weighted by Gasteiger charge is -2.55. The molecule has 4 heteroatoms. The molecule has 0 radical (unpaired) electrons. The first-order valence-electron chi connectivity index (χ1n) is 6.84. The number of hydrogen-bond donors (Lipinski definition) is 1. The Hall–Kier alpha value is -0.870. The van der Waals surface area contributed by atoms with Crippen molar-refractivity contribution >= 4 is 0 Å². The van der Waals surface area contributed by atoms with E-state index < -0.39 is 0 Å². The molecule has 1 aliphatic carbocycles. The van der Waals surface area contributed by atoms with E-state index in [-0.39, 0.29) is 5.41 Å². The summed E-state index contributed by atoms with van der Waals surface area (Å²) in [6.45, 7) is 8.60. The molecule has 2 heterocycles. The third-order valence-corrected chi connectivity index (χ3v) is 4.95. The Balaban J connectivity index is 1.65. The number of hydrogen-bond acceptors (Lipinski definition) is 3. The maximum atomic E-state index is 5.82. The Bertz CT molecular complexity index is 452. The van der Waals surface area contributed by atoms with Crippen molar-refractivity contribution in [3.05, 3.63) is 17.5 Å². The molecule has 1 saturated heterocycles. The van der Waals surface area contributed by atoms with Gasteiger partial charge in [-0.3, -0.25) is 4.68 Å². The predicted molar refractivity (Wildman–Crippen MR) is 70.2 cm³/mol. The summed E-state index contributed by atoms with van der Waals surface area (Å²) in [4.78, 5) is 0. The fourth-order valence-electron chi connectivity index (χ4n) is 3.68. The molecule has 3 unspecified atom stereocenters. The van der Waals surface area contributed by atoms with Gasteiger partial charge in [0, 0.05) is 48.8 Å². The van der Waals surface area contributed by atoms with Crippen LogP contribution in [0.1, 0.15) is 31.5 Å². The standard InChI is InChI=1S/C14H23N3O/c1-9-10(8-16-17(9)4)7-15-12-11-5-6-18-13(11)14(12,2)3/h8,11-13,15H,5-7H2,1-4H3. The van der Waals surface area contributed by atoms with Gasteiger partial charge in [0.25, 0.3) is 0 Å². The van der Waals surface area contributed by atoms with E-state index in [1.807, 2.05) is 17.9 Å². The predicted octanol–water partition coefficient (Wildman–Crippen LogP) is 1.63. The van der Waals surface area contributed by atoms with Gasteiger partial charge in [0.05, 0.1) is 12.3 Å². The second-order valence-electron chi connectivity index (χ2n) is 6.30. The van der Waals surface area contributed by atoms with Crippen molar-refractivity contribution in [2.75, 3.05) is 6.61 Å². The largest absolute Gasteiger partial charge is 0.377 e. The first-order valence-corrected chi connectivity index (χ1v) is 6.84. The Morgan fingerprint density at radius 2 is 2.33 bits per heavy atom. The van der Waals surface area contributed by atoms with E-state index in [0.29, 0.717) is 18.1 Å². The molecule has 100 valence electrons. The zero-order valence-corrected chi connectivity index (χ0v) is 11.7. The third-order valence-electron chi connectivity index (χ3n) is 4.95. The summed E-state index contributed by atoms with van der Waals surface area (Å²) < 4.78 is 7.76. The molecule has 2 fully saturated rings. The van der Waals surface area contributed by atoms with Crippen LogP contribution >= 0.6 is 0 Å². The summed E-state index contributed by atoms with van der Waals surface area (Å²) in [7, 11) is 1.99. The Kier molecular flexibility index (Phi) is 2.75. The summed E-state index contributed by atoms with van der Waals surface area (Å²) in [6, 6.07) is 0.574. The Labute approximate surface area is 109 Å². The van der Waals surface area contributed by atoms with Crippen LogP contribution in [0.2, 0.25) is 0 Å². The topological polar surface area (TPSA) is 39.1 Å². The summed E-state index contributed by atoms with van der Waals surface area (Å²) in [5.74, 6) is 0.706. The van der Waals surface area contributed by atoms with Crippen LogP contribution in [-0.4, -0.2) is 28.5 Å². The van der Waals surface area contributed by atoms with Gasteiger partial charge < -0.3 is 10.1 Å². The average molecular weight is 249 g/mol. The van der Waals surface area contributed by atoms with Crippen LogP contribution in [0.4, 0.5) is 0 Å². The first-order chi connectivity index (χ1) is 8.51. The smallest absolute Gasteiger partial charge is 0.0685 e. The number of aryl methyl sites for hydroxylation is 1. The van der Waals surface area contributed by atoms with Gasteiger partial charge in [0.1, 0.15) is 0 Å². The number of rotatable bonds is 3. The van der Waals surface area contributed by atoms with Crippen LogP contribution < -0.4 is 5.32 Å². The van der Waals surface area contributed by atoms with Crippen molar-refractivity contribution in [3.8, 4) is 0 Å². The van der Waals surface area contributed by atoms with Gasteiger partial charge in [-0.25, -0.2) is 0 Å². The summed E-state index contributed by atoms with van der Waals surface area (Å²) >= 11 is 0. The molecular formula is C14H23N3O. The lowest BCUT2D eigenvalue weighted by Crippen LogP contribution is -2.65. The molecule has 1 N–H and O–H groups in total. The lowest BCUT2D eigenvalue weighted by molar-refractivity contribution is -0.113. The van der Waals surface area contributed by atoms with Crippen LogP contribution in [0.15, 0.2) is 6.20 Å². The van der Waals surface area contributed by atoms with Crippen LogP contribution in [0.25, 0.3) is 0 Å². The molecular weight excluding hydrogens is 226 g/mol. The minimum absolute atomic E-state index is 0.261. The molecule has 1 saturated carbocycles. The van der Waals surface area contributed by atoms with Crippen molar-refractivity contribution < 1.29 is 4.74 Å². The first kappa shape index (κ1) is 12.2. The molecule has 4 nitrogen and oxygen atoms in total. The zero-order valence-electron chi connectivity index (χ0n) is 11.7. The molecule has 1 aromatic rings. The summed E-state index contributed by atoms with van der Waals surface area (Å²) in [5, 5.41) is 8.01. The Morgan fingerprint density at radius 1 is 1.56 bits per heavy atom. The SMILES string of the molecule is Cc1c(CNC2C3CCOC3C2(C)C)cnn1C. The average Bonchev–Trinajstić information content (AvgIpc) is 2.89. The Morgan fingerprint density at radius 3 is 3.00 bits per heavy atom. The van der Waals surface area contributed by atoms with E-state index in [4.69, 9.17) is 4.74 Å². The molecule has 0 amide bonds. The third kappa shape index (κ3) is 1.62. The zero-order chi connectivity index (χ0) is 12.9. The summed E-state index contributed by atoms with van der Waals surface area (Å²) in [6.07, 6.45) is 3.64. The fraction of sp³-hybridized carbons (Fsp3) is 0.786. The minimum atomic E-state index is 0.261. The van der Waals surface area contributed by atoms with Crippen LogP contribution in [-0.2, 0) is 18.3 Å². The van der Waals surface area contributed by atoms with E-state index in [1.54, 1.807) is 0 Å². The highest BCUT2D eigenvalue weighted by Gasteiger charge is 2.58. The molecule has 3 rings (SSSR count). The quantitative estimate of drug-likeness (QED) is 0.885. The van der Waals surface area contributed by atoms with Gasteiger partial charge in [0.2, 0.25) is 0 Å². The van der Waals surface area contributed by atoms with Crippen molar-refractivity contribution in [1.82, 2.24) is 15.1 Å². The molecule has 1 aromatic heterocycles.